The second-order valence-electron chi connectivity index (χ2n) is 5.30. The maximum atomic E-state index is 6.22. The molecule has 0 amide bonds. The Hall–Kier alpha value is -1.52. The Morgan fingerprint density at radius 1 is 1.38 bits per heavy atom. The van der Waals surface area contributed by atoms with Crippen molar-refractivity contribution in [3.63, 3.8) is 0 Å². The maximum Gasteiger partial charge on any atom is 0.133 e. The number of nitrogens with one attached hydrogen (secondary N) is 1. The summed E-state index contributed by atoms with van der Waals surface area (Å²) in [6.45, 7) is 6.56. The SMILES string of the molecule is CNC(C)c1ccc(OCc2c(C)nn(C)c2Cl)c(C)c1. The lowest BCUT2D eigenvalue weighted by Gasteiger charge is -2.14. The van der Waals surface area contributed by atoms with E-state index in [9.17, 15) is 0 Å². The predicted molar refractivity (Wildman–Crippen MR) is 85.9 cm³/mol. The zero-order chi connectivity index (χ0) is 15.6. The number of hydrogen-bond donors (Lipinski definition) is 1. The third-order valence-electron chi connectivity index (χ3n) is 3.77. The Kier molecular flexibility index (Phi) is 4.91. The van der Waals surface area contributed by atoms with Gasteiger partial charge in [0.2, 0.25) is 0 Å². The molecule has 0 saturated carbocycles. The summed E-state index contributed by atoms with van der Waals surface area (Å²) in [7, 11) is 3.79. The Bertz CT molecular complexity index is 637. The van der Waals surface area contributed by atoms with Crippen molar-refractivity contribution in [1.29, 1.82) is 0 Å². The van der Waals surface area contributed by atoms with Gasteiger partial charge in [-0.25, -0.2) is 0 Å². The minimum Gasteiger partial charge on any atom is -0.488 e. The van der Waals surface area contributed by atoms with Crippen LogP contribution in [0.25, 0.3) is 0 Å². The van der Waals surface area contributed by atoms with Crippen LogP contribution in [-0.4, -0.2) is 16.8 Å². The molecule has 0 aliphatic carbocycles. The minimum absolute atomic E-state index is 0.327. The van der Waals surface area contributed by atoms with Crippen molar-refractivity contribution in [3.05, 3.63) is 45.7 Å². The molecule has 114 valence electrons. The van der Waals surface area contributed by atoms with E-state index in [0.29, 0.717) is 17.8 Å². The summed E-state index contributed by atoms with van der Waals surface area (Å²) >= 11 is 6.22. The third-order valence-corrected chi connectivity index (χ3v) is 4.25. The largest absolute Gasteiger partial charge is 0.488 e. The highest BCUT2D eigenvalue weighted by atomic mass is 35.5. The van der Waals surface area contributed by atoms with Crippen LogP contribution in [-0.2, 0) is 13.7 Å². The molecule has 0 fully saturated rings. The van der Waals surface area contributed by atoms with Gasteiger partial charge in [-0.3, -0.25) is 4.68 Å². The van der Waals surface area contributed by atoms with Gasteiger partial charge in [0.25, 0.3) is 0 Å². The van der Waals surface area contributed by atoms with Crippen molar-refractivity contribution in [3.8, 4) is 5.75 Å². The monoisotopic (exact) mass is 307 g/mol. The van der Waals surface area contributed by atoms with Crippen LogP contribution in [0.5, 0.6) is 5.75 Å². The van der Waals surface area contributed by atoms with Crippen molar-refractivity contribution in [2.75, 3.05) is 7.05 Å². The number of hydrogen-bond acceptors (Lipinski definition) is 3. The molecule has 2 aromatic rings. The summed E-state index contributed by atoms with van der Waals surface area (Å²) < 4.78 is 7.57. The van der Waals surface area contributed by atoms with Gasteiger partial charge in [0.1, 0.15) is 17.5 Å². The highest BCUT2D eigenvalue weighted by molar-refractivity contribution is 6.30. The van der Waals surface area contributed by atoms with E-state index < -0.39 is 0 Å². The zero-order valence-electron chi connectivity index (χ0n) is 13.2. The number of ether oxygens (including phenoxy) is 1. The van der Waals surface area contributed by atoms with Gasteiger partial charge in [-0.2, -0.15) is 5.10 Å². The number of nitrogens with zero attached hydrogens (tertiary/aromatic N) is 2. The summed E-state index contributed by atoms with van der Waals surface area (Å²) in [6, 6.07) is 6.57. The van der Waals surface area contributed by atoms with Gasteiger partial charge >= 0.3 is 0 Å². The second-order valence-corrected chi connectivity index (χ2v) is 5.66. The topological polar surface area (TPSA) is 39.1 Å². The van der Waals surface area contributed by atoms with E-state index in [1.807, 2.05) is 27.1 Å². The van der Waals surface area contributed by atoms with Crippen molar-refractivity contribution in [2.45, 2.75) is 33.4 Å². The molecule has 0 radical (unpaired) electrons. The molecule has 1 N–H and O–H groups in total. The van der Waals surface area contributed by atoms with Crippen molar-refractivity contribution in [1.82, 2.24) is 15.1 Å². The van der Waals surface area contributed by atoms with E-state index in [1.54, 1.807) is 4.68 Å². The Morgan fingerprint density at radius 2 is 2.10 bits per heavy atom. The van der Waals surface area contributed by atoms with Crippen LogP contribution in [0.1, 0.15) is 35.3 Å². The predicted octanol–water partition coefficient (Wildman–Crippen LogP) is 3.55. The summed E-state index contributed by atoms with van der Waals surface area (Å²) in [5, 5.41) is 8.15. The van der Waals surface area contributed by atoms with Gasteiger partial charge in [0.15, 0.2) is 0 Å². The Labute approximate surface area is 131 Å². The van der Waals surface area contributed by atoms with Crippen molar-refractivity contribution in [2.24, 2.45) is 7.05 Å². The lowest BCUT2D eigenvalue weighted by molar-refractivity contribution is 0.303. The maximum absolute atomic E-state index is 6.22. The normalized spacial score (nSPS) is 12.5. The first-order valence-electron chi connectivity index (χ1n) is 7.02. The molecule has 1 atom stereocenters. The molecular formula is C16H22ClN3O. The van der Waals surface area contributed by atoms with Gasteiger partial charge in [0.05, 0.1) is 5.69 Å². The molecule has 4 nitrogen and oxygen atoms in total. The number of halogens is 1. The van der Waals surface area contributed by atoms with E-state index in [1.165, 1.54) is 5.56 Å². The molecule has 0 aliphatic rings. The Morgan fingerprint density at radius 3 is 2.62 bits per heavy atom. The van der Waals surface area contributed by atoms with Crippen LogP contribution in [0, 0.1) is 13.8 Å². The van der Waals surface area contributed by atoms with Crippen LogP contribution in [0.3, 0.4) is 0 Å². The lowest BCUT2D eigenvalue weighted by Crippen LogP contribution is -2.12. The highest BCUT2D eigenvalue weighted by Crippen LogP contribution is 2.25. The molecule has 0 saturated heterocycles. The van der Waals surface area contributed by atoms with Crippen LogP contribution in [0.15, 0.2) is 18.2 Å². The summed E-state index contributed by atoms with van der Waals surface area (Å²) in [6.07, 6.45) is 0. The van der Waals surface area contributed by atoms with E-state index in [0.717, 1.165) is 22.6 Å². The van der Waals surface area contributed by atoms with Crippen LogP contribution < -0.4 is 10.1 Å². The smallest absolute Gasteiger partial charge is 0.133 e. The Balaban J connectivity index is 2.13. The molecule has 1 aromatic carbocycles. The molecular weight excluding hydrogens is 286 g/mol. The minimum atomic E-state index is 0.327. The van der Waals surface area contributed by atoms with Gasteiger partial charge in [-0.05, 0) is 45.0 Å². The number of benzene rings is 1. The van der Waals surface area contributed by atoms with Gasteiger partial charge < -0.3 is 10.1 Å². The fraction of sp³-hybridized carbons (Fsp3) is 0.438. The summed E-state index contributed by atoms with van der Waals surface area (Å²) in [5.74, 6) is 0.876. The number of aryl methyl sites for hydroxylation is 3. The molecule has 1 unspecified atom stereocenters. The fourth-order valence-electron chi connectivity index (χ4n) is 2.26. The molecule has 0 aliphatic heterocycles. The summed E-state index contributed by atoms with van der Waals surface area (Å²) in [5.41, 5.74) is 4.21. The van der Waals surface area contributed by atoms with Crippen LogP contribution in [0.4, 0.5) is 0 Å². The first-order chi connectivity index (χ1) is 9.93. The molecule has 1 heterocycles. The molecule has 0 bridgehead atoms. The molecule has 5 heteroatoms. The zero-order valence-corrected chi connectivity index (χ0v) is 14.0. The standard InChI is InChI=1S/C16H22ClN3O/c1-10-8-13(11(2)18-4)6-7-15(10)21-9-14-12(3)19-20(5)16(14)17/h6-8,11,18H,9H2,1-5H3. The first kappa shape index (κ1) is 15.9. The van der Waals surface area contributed by atoms with Gasteiger partial charge in [-0.1, -0.05) is 23.7 Å². The van der Waals surface area contributed by atoms with E-state index >= 15 is 0 Å². The van der Waals surface area contributed by atoms with Crippen molar-refractivity contribution >= 4 is 11.6 Å². The fourth-order valence-corrected chi connectivity index (χ4v) is 2.49. The molecule has 2 rings (SSSR count). The number of rotatable bonds is 5. The van der Waals surface area contributed by atoms with E-state index in [-0.39, 0.29) is 0 Å². The quantitative estimate of drug-likeness (QED) is 0.918. The van der Waals surface area contributed by atoms with Crippen molar-refractivity contribution < 1.29 is 4.74 Å². The third kappa shape index (κ3) is 3.39. The van der Waals surface area contributed by atoms with Crippen LogP contribution >= 0.6 is 11.6 Å². The molecule has 1 aromatic heterocycles. The van der Waals surface area contributed by atoms with Crippen LogP contribution in [0.2, 0.25) is 5.15 Å². The lowest BCUT2D eigenvalue weighted by atomic mass is 10.1. The molecule has 21 heavy (non-hydrogen) atoms. The van der Waals surface area contributed by atoms with E-state index in [4.69, 9.17) is 16.3 Å². The van der Waals surface area contributed by atoms with E-state index in [2.05, 4.69) is 36.4 Å². The first-order valence-corrected chi connectivity index (χ1v) is 7.40. The number of aromatic nitrogens is 2. The van der Waals surface area contributed by atoms with Gasteiger partial charge in [0, 0.05) is 18.7 Å². The second kappa shape index (κ2) is 6.50. The van der Waals surface area contributed by atoms with Gasteiger partial charge in [-0.15, -0.1) is 0 Å². The summed E-state index contributed by atoms with van der Waals surface area (Å²) in [4.78, 5) is 0. The highest BCUT2D eigenvalue weighted by Gasteiger charge is 2.13. The average Bonchev–Trinajstić information content (AvgIpc) is 2.70. The average molecular weight is 308 g/mol. The molecule has 0 spiro atoms.